The Balaban J connectivity index is 1.62. The zero-order valence-electron chi connectivity index (χ0n) is 17.6. The summed E-state index contributed by atoms with van der Waals surface area (Å²) in [7, 11) is 3.93. The Bertz CT molecular complexity index is 898. The molecule has 150 valence electrons. The van der Waals surface area contributed by atoms with E-state index in [9.17, 15) is 4.79 Å². The van der Waals surface area contributed by atoms with Gasteiger partial charge in [-0.3, -0.25) is 9.48 Å². The van der Waals surface area contributed by atoms with E-state index in [0.29, 0.717) is 5.69 Å². The zero-order valence-corrected chi connectivity index (χ0v) is 17.6. The normalized spacial score (nSPS) is 21.4. The number of amides is 1. The van der Waals surface area contributed by atoms with Crippen LogP contribution >= 0.6 is 0 Å². The highest BCUT2D eigenvalue weighted by molar-refractivity contribution is 5.92. The van der Waals surface area contributed by atoms with Crippen molar-refractivity contribution < 1.29 is 4.79 Å². The van der Waals surface area contributed by atoms with Crippen molar-refractivity contribution in [3.05, 3.63) is 34.9 Å². The molecule has 2 aliphatic rings. The summed E-state index contributed by atoms with van der Waals surface area (Å²) in [5.41, 5.74) is 3.91. The molecule has 1 unspecified atom stereocenters. The van der Waals surface area contributed by atoms with Gasteiger partial charge in [0, 0.05) is 50.5 Å². The maximum Gasteiger partial charge on any atom is 0.274 e. The molecule has 0 saturated carbocycles. The molecule has 3 heterocycles. The second-order valence-corrected chi connectivity index (χ2v) is 8.76. The van der Waals surface area contributed by atoms with Crippen molar-refractivity contribution in [2.45, 2.75) is 57.9 Å². The van der Waals surface area contributed by atoms with E-state index in [0.717, 1.165) is 56.1 Å². The number of fused-ring (bicyclic) bond motifs is 2. The lowest BCUT2D eigenvalue weighted by atomic mass is 9.77. The van der Waals surface area contributed by atoms with E-state index in [1.165, 1.54) is 5.56 Å². The highest BCUT2D eigenvalue weighted by Crippen LogP contribution is 2.44. The highest BCUT2D eigenvalue weighted by atomic mass is 16.2. The van der Waals surface area contributed by atoms with Crippen LogP contribution in [0.5, 0.6) is 0 Å². The minimum atomic E-state index is -0.0490. The number of aryl methyl sites for hydroxylation is 2. The first-order chi connectivity index (χ1) is 13.3. The van der Waals surface area contributed by atoms with Crippen LogP contribution in [0.15, 0.2) is 12.3 Å². The third kappa shape index (κ3) is 3.06. The maximum absolute atomic E-state index is 13.2. The number of carbonyl (C=O) groups excluding carboxylic acids is 1. The van der Waals surface area contributed by atoms with Gasteiger partial charge in [0.05, 0.1) is 5.69 Å². The van der Waals surface area contributed by atoms with Crippen LogP contribution in [0.25, 0.3) is 0 Å². The Morgan fingerprint density at radius 2 is 2.07 bits per heavy atom. The van der Waals surface area contributed by atoms with Crippen molar-refractivity contribution in [2.75, 3.05) is 32.1 Å². The van der Waals surface area contributed by atoms with Gasteiger partial charge in [0.1, 0.15) is 0 Å². The van der Waals surface area contributed by atoms with Crippen molar-refractivity contribution in [1.29, 1.82) is 0 Å². The largest absolute Gasteiger partial charge is 0.347 e. The van der Waals surface area contributed by atoms with Gasteiger partial charge >= 0.3 is 0 Å². The highest BCUT2D eigenvalue weighted by Gasteiger charge is 2.45. The van der Waals surface area contributed by atoms with Crippen molar-refractivity contribution >= 4 is 11.9 Å². The molecule has 1 aliphatic heterocycles. The summed E-state index contributed by atoms with van der Waals surface area (Å²) in [6.07, 6.45) is 6.08. The Labute approximate surface area is 166 Å². The van der Waals surface area contributed by atoms with Gasteiger partial charge in [0.2, 0.25) is 5.95 Å². The van der Waals surface area contributed by atoms with Crippen LogP contribution < -0.4 is 4.90 Å². The molecule has 1 spiro atoms. The molecule has 1 aliphatic carbocycles. The molecular formula is C21H30N6O. The molecule has 7 heteroatoms. The molecule has 1 saturated heterocycles. The van der Waals surface area contributed by atoms with Gasteiger partial charge < -0.3 is 9.80 Å². The maximum atomic E-state index is 13.2. The van der Waals surface area contributed by atoms with E-state index < -0.39 is 0 Å². The van der Waals surface area contributed by atoms with Gasteiger partial charge in [0.15, 0.2) is 5.69 Å². The predicted molar refractivity (Wildman–Crippen MR) is 109 cm³/mol. The number of carbonyl (C=O) groups is 1. The summed E-state index contributed by atoms with van der Waals surface area (Å²) >= 11 is 0. The molecule has 0 aromatic carbocycles. The number of piperidine rings is 1. The third-order valence-corrected chi connectivity index (χ3v) is 6.12. The van der Waals surface area contributed by atoms with Gasteiger partial charge in [0.25, 0.3) is 5.91 Å². The molecule has 1 fully saturated rings. The van der Waals surface area contributed by atoms with Crippen LogP contribution in [-0.4, -0.2) is 57.7 Å². The smallest absolute Gasteiger partial charge is 0.274 e. The van der Waals surface area contributed by atoms with Crippen LogP contribution in [0.2, 0.25) is 0 Å². The van der Waals surface area contributed by atoms with E-state index in [4.69, 9.17) is 4.98 Å². The SMILES string of the molecule is Cc1cc(C(=O)N2CCCC3(CCc4cnc(N(C)C)nc43)C2)nn1C(C)C. The Hall–Kier alpha value is -2.44. The summed E-state index contributed by atoms with van der Waals surface area (Å²) in [4.78, 5) is 26.5. The molecule has 4 rings (SSSR count). The molecule has 7 nitrogen and oxygen atoms in total. The van der Waals surface area contributed by atoms with E-state index in [1.54, 1.807) is 0 Å². The summed E-state index contributed by atoms with van der Waals surface area (Å²) in [6.45, 7) is 7.68. The summed E-state index contributed by atoms with van der Waals surface area (Å²) in [5, 5.41) is 4.57. The number of anilines is 1. The van der Waals surface area contributed by atoms with Crippen LogP contribution in [0.3, 0.4) is 0 Å². The first kappa shape index (κ1) is 18.9. The van der Waals surface area contributed by atoms with Crippen molar-refractivity contribution in [1.82, 2.24) is 24.6 Å². The molecule has 28 heavy (non-hydrogen) atoms. The molecule has 1 amide bonds. The van der Waals surface area contributed by atoms with Crippen molar-refractivity contribution in [3.8, 4) is 0 Å². The average molecular weight is 383 g/mol. The number of aromatic nitrogens is 4. The number of hydrogen-bond acceptors (Lipinski definition) is 5. The standard InChI is InChI=1S/C21H30N6O/c1-14(2)27-15(3)11-17(24-27)19(28)26-10-6-8-21(13-26)9-7-16-12-22-20(25(4)5)23-18(16)21/h11-12,14H,6-10,13H2,1-5H3. The van der Waals surface area contributed by atoms with E-state index in [-0.39, 0.29) is 17.4 Å². The Kier molecular flexibility index (Phi) is 4.63. The van der Waals surface area contributed by atoms with E-state index in [2.05, 4.69) is 23.9 Å². The number of hydrogen-bond donors (Lipinski definition) is 0. The lowest BCUT2D eigenvalue weighted by Gasteiger charge is -2.40. The van der Waals surface area contributed by atoms with E-state index >= 15 is 0 Å². The van der Waals surface area contributed by atoms with Crippen LogP contribution in [0.1, 0.15) is 66.6 Å². The van der Waals surface area contributed by atoms with Crippen LogP contribution in [0.4, 0.5) is 5.95 Å². The first-order valence-corrected chi connectivity index (χ1v) is 10.2. The minimum Gasteiger partial charge on any atom is -0.347 e. The molecule has 1 atom stereocenters. The first-order valence-electron chi connectivity index (χ1n) is 10.2. The third-order valence-electron chi connectivity index (χ3n) is 6.12. The van der Waals surface area contributed by atoms with Gasteiger partial charge in [-0.15, -0.1) is 0 Å². The number of rotatable bonds is 3. The molecule has 2 aromatic rings. The van der Waals surface area contributed by atoms with Gasteiger partial charge in [-0.1, -0.05) is 0 Å². The topological polar surface area (TPSA) is 67.2 Å². The van der Waals surface area contributed by atoms with Crippen molar-refractivity contribution in [2.24, 2.45) is 0 Å². The average Bonchev–Trinajstić information content (AvgIpc) is 3.22. The summed E-state index contributed by atoms with van der Waals surface area (Å²) in [6, 6.07) is 2.16. The Morgan fingerprint density at radius 1 is 1.29 bits per heavy atom. The van der Waals surface area contributed by atoms with Crippen LogP contribution in [-0.2, 0) is 11.8 Å². The second kappa shape index (κ2) is 6.87. The molecule has 0 bridgehead atoms. The zero-order chi connectivity index (χ0) is 20.1. The van der Waals surface area contributed by atoms with Gasteiger partial charge in [-0.25, -0.2) is 9.97 Å². The summed E-state index contributed by atoms with van der Waals surface area (Å²) in [5.74, 6) is 0.784. The molecule has 0 radical (unpaired) electrons. The Morgan fingerprint density at radius 3 is 2.75 bits per heavy atom. The lowest BCUT2D eigenvalue weighted by Crippen LogP contribution is -2.48. The van der Waals surface area contributed by atoms with E-state index in [1.807, 2.05) is 47.8 Å². The molecule has 0 N–H and O–H groups in total. The molecule has 2 aromatic heterocycles. The summed E-state index contributed by atoms with van der Waals surface area (Å²) < 4.78 is 1.93. The minimum absolute atomic E-state index is 0.0388. The van der Waals surface area contributed by atoms with Crippen molar-refractivity contribution in [3.63, 3.8) is 0 Å². The number of likely N-dealkylation sites (tertiary alicyclic amines) is 1. The second-order valence-electron chi connectivity index (χ2n) is 8.76. The predicted octanol–water partition coefficient (Wildman–Crippen LogP) is 2.75. The van der Waals surface area contributed by atoms with Gasteiger partial charge in [-0.2, -0.15) is 5.10 Å². The van der Waals surface area contributed by atoms with Gasteiger partial charge in [-0.05, 0) is 58.1 Å². The quantitative estimate of drug-likeness (QED) is 0.817. The fourth-order valence-electron chi connectivity index (χ4n) is 4.73. The fourth-order valence-corrected chi connectivity index (χ4v) is 4.73. The van der Waals surface area contributed by atoms with Crippen LogP contribution in [0, 0.1) is 6.92 Å². The molecular weight excluding hydrogens is 352 g/mol. The number of nitrogens with zero attached hydrogens (tertiary/aromatic N) is 6. The monoisotopic (exact) mass is 382 g/mol. The fraction of sp³-hybridized carbons (Fsp3) is 0.619. The lowest BCUT2D eigenvalue weighted by molar-refractivity contribution is 0.0626.